The third-order valence-corrected chi connectivity index (χ3v) is 5.06. The molecule has 1 aliphatic rings. The van der Waals surface area contributed by atoms with Gasteiger partial charge in [0.25, 0.3) is 0 Å². The monoisotopic (exact) mass is 391 g/mol. The van der Waals surface area contributed by atoms with Crippen molar-refractivity contribution in [1.82, 2.24) is 9.97 Å². The van der Waals surface area contributed by atoms with E-state index < -0.39 is 17.5 Å². The Hall–Kier alpha value is -1.05. The largest absolute Gasteiger partial charge is 0.388 e. The first kappa shape index (κ1) is 15.8. The molecule has 0 amide bonds. The highest BCUT2D eigenvalue weighted by Crippen LogP contribution is 2.36. The summed E-state index contributed by atoms with van der Waals surface area (Å²) in [5.41, 5.74) is -1.03. The molecule has 0 bridgehead atoms. The van der Waals surface area contributed by atoms with Gasteiger partial charge in [0, 0.05) is 18.5 Å². The van der Waals surface area contributed by atoms with E-state index in [9.17, 15) is 13.9 Å². The van der Waals surface area contributed by atoms with Crippen LogP contribution in [0.2, 0.25) is 5.02 Å². The lowest BCUT2D eigenvalue weighted by atomic mass is 9.95. The number of piperidine rings is 1. The van der Waals surface area contributed by atoms with Crippen molar-refractivity contribution in [2.45, 2.75) is 25.4 Å². The maximum atomic E-state index is 14.3. The van der Waals surface area contributed by atoms with Crippen LogP contribution < -0.4 is 4.90 Å². The lowest BCUT2D eigenvalue weighted by molar-refractivity contribution is 0.0447. The smallest absolute Gasteiger partial charge is 0.311 e. The van der Waals surface area contributed by atoms with Gasteiger partial charge in [0.2, 0.25) is 0 Å². The standard InChI is InChI=1S/C14H13BrClF2N3O/c1-14(22)3-2-4-21(6-14)12-7-5-8(16)9(15)10(17)11(7)19-13(18)20-12/h5,22H,2-4,6H2,1H3. The van der Waals surface area contributed by atoms with Crippen molar-refractivity contribution >= 4 is 44.3 Å². The molecule has 1 N–H and O–H groups in total. The lowest BCUT2D eigenvalue weighted by Gasteiger charge is -2.37. The topological polar surface area (TPSA) is 49.2 Å². The van der Waals surface area contributed by atoms with Crippen molar-refractivity contribution in [2.24, 2.45) is 0 Å². The van der Waals surface area contributed by atoms with Crippen LogP contribution in [0, 0.1) is 11.9 Å². The van der Waals surface area contributed by atoms with Crippen molar-refractivity contribution in [3.8, 4) is 0 Å². The summed E-state index contributed by atoms with van der Waals surface area (Å²) in [5, 5.41) is 10.7. The molecule has 1 aromatic heterocycles. The Morgan fingerprint density at radius 1 is 1.41 bits per heavy atom. The second kappa shape index (κ2) is 5.54. The molecule has 1 atom stereocenters. The van der Waals surface area contributed by atoms with Gasteiger partial charge >= 0.3 is 6.08 Å². The molecule has 8 heteroatoms. The maximum Gasteiger partial charge on any atom is 0.311 e. The summed E-state index contributed by atoms with van der Waals surface area (Å²) in [6.07, 6.45) is 0.364. The molecule has 118 valence electrons. The van der Waals surface area contributed by atoms with Crippen LogP contribution in [0.3, 0.4) is 0 Å². The highest BCUT2D eigenvalue weighted by molar-refractivity contribution is 9.10. The number of nitrogens with zero attached hydrogens (tertiary/aromatic N) is 3. The highest BCUT2D eigenvalue weighted by atomic mass is 79.9. The Morgan fingerprint density at radius 3 is 2.82 bits per heavy atom. The van der Waals surface area contributed by atoms with Gasteiger partial charge in [0.1, 0.15) is 11.3 Å². The Labute approximate surface area is 139 Å². The van der Waals surface area contributed by atoms with E-state index in [-0.39, 0.29) is 27.4 Å². The van der Waals surface area contributed by atoms with Crippen molar-refractivity contribution in [3.05, 3.63) is 27.5 Å². The summed E-state index contributed by atoms with van der Waals surface area (Å²) < 4.78 is 28.1. The fourth-order valence-corrected chi connectivity index (χ4v) is 3.27. The van der Waals surface area contributed by atoms with E-state index in [0.717, 1.165) is 6.42 Å². The number of aliphatic hydroxyl groups is 1. The second-order valence-corrected chi connectivity index (χ2v) is 6.92. The van der Waals surface area contributed by atoms with Gasteiger partial charge in [-0.3, -0.25) is 0 Å². The molecule has 0 spiro atoms. The third kappa shape index (κ3) is 2.77. The number of rotatable bonds is 1. The van der Waals surface area contributed by atoms with Gasteiger partial charge in [0.15, 0.2) is 5.82 Å². The SMILES string of the molecule is CC1(O)CCCN(c2nc(F)nc3c(F)c(Br)c(Cl)cc23)C1. The zero-order chi connectivity index (χ0) is 16.1. The normalized spacial score (nSPS) is 22.4. The van der Waals surface area contributed by atoms with E-state index in [1.807, 2.05) is 0 Å². The van der Waals surface area contributed by atoms with Crippen LogP contribution in [0.1, 0.15) is 19.8 Å². The molecule has 4 nitrogen and oxygen atoms in total. The van der Waals surface area contributed by atoms with Gasteiger partial charge in [-0.25, -0.2) is 4.39 Å². The second-order valence-electron chi connectivity index (χ2n) is 5.72. The van der Waals surface area contributed by atoms with Gasteiger partial charge < -0.3 is 10.0 Å². The van der Waals surface area contributed by atoms with E-state index in [4.69, 9.17) is 11.6 Å². The molecule has 1 unspecified atom stereocenters. The summed E-state index contributed by atoms with van der Waals surface area (Å²) in [6.45, 7) is 2.59. The van der Waals surface area contributed by atoms with Gasteiger partial charge in [-0.2, -0.15) is 14.4 Å². The molecule has 1 fully saturated rings. The molecule has 0 radical (unpaired) electrons. The number of β-amino-alcohol motifs (C(OH)–C–C–N with tert-alkyl or cyclic N) is 1. The minimum Gasteiger partial charge on any atom is -0.388 e. The molecule has 3 rings (SSSR count). The fourth-order valence-electron chi connectivity index (χ4n) is 2.77. The van der Waals surface area contributed by atoms with E-state index >= 15 is 0 Å². The van der Waals surface area contributed by atoms with Gasteiger partial charge in [-0.15, -0.1) is 0 Å². The zero-order valence-corrected chi connectivity index (χ0v) is 14.0. The number of benzene rings is 1. The van der Waals surface area contributed by atoms with Crippen LogP contribution in [-0.2, 0) is 0 Å². The summed E-state index contributed by atoms with van der Waals surface area (Å²) in [4.78, 5) is 9.07. The Bertz CT molecular complexity index is 757. The average molecular weight is 393 g/mol. The first-order valence-electron chi connectivity index (χ1n) is 6.76. The lowest BCUT2D eigenvalue weighted by Crippen LogP contribution is -2.46. The maximum absolute atomic E-state index is 14.3. The van der Waals surface area contributed by atoms with Crippen molar-refractivity contribution in [2.75, 3.05) is 18.0 Å². The number of hydrogen-bond acceptors (Lipinski definition) is 4. The van der Waals surface area contributed by atoms with E-state index in [0.29, 0.717) is 18.4 Å². The van der Waals surface area contributed by atoms with E-state index in [1.54, 1.807) is 11.8 Å². The first-order chi connectivity index (χ1) is 10.3. The zero-order valence-electron chi connectivity index (χ0n) is 11.7. The first-order valence-corrected chi connectivity index (χ1v) is 7.94. The molecular weight excluding hydrogens is 380 g/mol. The molecule has 2 heterocycles. The number of halogens is 4. The van der Waals surface area contributed by atoms with Gasteiger partial charge in [-0.05, 0) is 41.8 Å². The van der Waals surface area contributed by atoms with Crippen LogP contribution in [-0.4, -0.2) is 33.8 Å². The molecule has 1 aliphatic heterocycles. The Balaban J connectivity index is 2.21. The van der Waals surface area contributed by atoms with Gasteiger partial charge in [0.05, 0.1) is 15.1 Å². The Kier molecular flexibility index (Phi) is 3.99. The Morgan fingerprint density at radius 2 is 2.14 bits per heavy atom. The molecular formula is C14H13BrClF2N3O. The van der Waals surface area contributed by atoms with E-state index in [1.165, 1.54) is 6.07 Å². The van der Waals surface area contributed by atoms with Crippen LogP contribution in [0.25, 0.3) is 10.9 Å². The predicted octanol–water partition coefficient (Wildman–Crippen LogP) is 3.68. The molecule has 0 saturated carbocycles. The number of hydrogen-bond donors (Lipinski definition) is 1. The summed E-state index contributed by atoms with van der Waals surface area (Å²) in [7, 11) is 0. The molecule has 0 aliphatic carbocycles. The van der Waals surface area contributed by atoms with Gasteiger partial charge in [-0.1, -0.05) is 11.6 Å². The predicted molar refractivity (Wildman–Crippen MR) is 84.2 cm³/mol. The van der Waals surface area contributed by atoms with Crippen LogP contribution in [0.15, 0.2) is 10.5 Å². The fraction of sp³-hybridized carbons (Fsp3) is 0.429. The molecule has 2 aromatic rings. The third-order valence-electron chi connectivity index (χ3n) is 3.75. The number of fused-ring (bicyclic) bond motifs is 1. The van der Waals surface area contributed by atoms with E-state index in [2.05, 4.69) is 25.9 Å². The van der Waals surface area contributed by atoms with Crippen LogP contribution in [0.4, 0.5) is 14.6 Å². The highest BCUT2D eigenvalue weighted by Gasteiger charge is 2.31. The summed E-state index contributed by atoms with van der Waals surface area (Å²) in [5.74, 6) is -0.482. The molecule has 1 aromatic carbocycles. The molecule has 22 heavy (non-hydrogen) atoms. The summed E-state index contributed by atoms with van der Waals surface area (Å²) >= 11 is 9.02. The summed E-state index contributed by atoms with van der Waals surface area (Å²) in [6, 6.07) is 1.50. The quantitative estimate of drug-likeness (QED) is 0.594. The van der Waals surface area contributed by atoms with Crippen molar-refractivity contribution in [1.29, 1.82) is 0 Å². The minimum atomic E-state index is -1.01. The number of anilines is 1. The average Bonchev–Trinajstić information content (AvgIpc) is 2.44. The molecule has 1 saturated heterocycles. The number of aromatic nitrogens is 2. The van der Waals surface area contributed by atoms with Crippen molar-refractivity contribution in [3.63, 3.8) is 0 Å². The van der Waals surface area contributed by atoms with Crippen LogP contribution in [0.5, 0.6) is 0 Å². The minimum absolute atomic E-state index is 0.0383. The van der Waals surface area contributed by atoms with Crippen molar-refractivity contribution < 1.29 is 13.9 Å². The van der Waals surface area contributed by atoms with Crippen LogP contribution >= 0.6 is 27.5 Å².